The molecule has 1 aliphatic carbocycles. The molecule has 1 N–H and O–H groups in total. The molecule has 0 radical (unpaired) electrons. The van der Waals surface area contributed by atoms with E-state index in [1.54, 1.807) is 29.3 Å². The average molecular weight is 315 g/mol. The van der Waals surface area contributed by atoms with Gasteiger partial charge in [0.2, 0.25) is 5.65 Å². The van der Waals surface area contributed by atoms with Crippen LogP contribution >= 0.6 is 11.3 Å². The highest BCUT2D eigenvalue weighted by Crippen LogP contribution is 2.40. The van der Waals surface area contributed by atoms with Gasteiger partial charge in [0.15, 0.2) is 0 Å². The van der Waals surface area contributed by atoms with Crippen molar-refractivity contribution in [3.05, 3.63) is 40.5 Å². The van der Waals surface area contributed by atoms with Gasteiger partial charge < -0.3 is 10.1 Å². The third-order valence-electron chi connectivity index (χ3n) is 3.91. The Hall–Kier alpha value is -1.99. The van der Waals surface area contributed by atoms with Crippen molar-refractivity contribution in [1.82, 2.24) is 19.8 Å². The van der Waals surface area contributed by atoms with E-state index in [0.717, 1.165) is 17.0 Å². The van der Waals surface area contributed by atoms with Crippen molar-refractivity contribution in [3.63, 3.8) is 0 Å². The van der Waals surface area contributed by atoms with Gasteiger partial charge in [-0.15, -0.1) is 21.5 Å². The van der Waals surface area contributed by atoms with Crippen LogP contribution in [0.4, 0.5) is 5.69 Å². The number of anilines is 1. The normalized spacial score (nSPS) is 16.0. The minimum atomic E-state index is 0.0283. The highest BCUT2D eigenvalue weighted by Gasteiger charge is 2.26. The highest BCUT2D eigenvalue weighted by atomic mass is 32.1. The number of rotatable bonds is 6. The Bertz CT molecular complexity index is 765. The van der Waals surface area contributed by atoms with Crippen molar-refractivity contribution < 1.29 is 4.74 Å². The number of nitrogens with one attached hydrogen (secondary N) is 1. The SMILES string of the molecule is COC(CNc1cc(C2CC2)nn2cnnc12)c1cccs1. The van der Waals surface area contributed by atoms with Crippen LogP contribution in [-0.4, -0.2) is 33.5 Å². The minimum Gasteiger partial charge on any atom is -0.379 e. The van der Waals surface area contributed by atoms with E-state index in [0.29, 0.717) is 12.5 Å². The summed E-state index contributed by atoms with van der Waals surface area (Å²) < 4.78 is 7.34. The van der Waals surface area contributed by atoms with Gasteiger partial charge in [0.1, 0.15) is 12.4 Å². The van der Waals surface area contributed by atoms with Crippen LogP contribution in [0.2, 0.25) is 0 Å². The molecule has 3 aromatic heterocycles. The first-order valence-corrected chi connectivity index (χ1v) is 8.24. The van der Waals surface area contributed by atoms with Crippen LogP contribution in [0.15, 0.2) is 29.9 Å². The van der Waals surface area contributed by atoms with Gasteiger partial charge in [0.05, 0.1) is 11.4 Å². The summed E-state index contributed by atoms with van der Waals surface area (Å²) in [4.78, 5) is 1.21. The van der Waals surface area contributed by atoms with Crippen LogP contribution < -0.4 is 5.32 Å². The molecule has 0 aliphatic heterocycles. The summed E-state index contributed by atoms with van der Waals surface area (Å²) in [7, 11) is 1.74. The largest absolute Gasteiger partial charge is 0.379 e. The van der Waals surface area contributed by atoms with Crippen molar-refractivity contribution in [3.8, 4) is 0 Å². The molecule has 22 heavy (non-hydrogen) atoms. The van der Waals surface area contributed by atoms with Crippen LogP contribution in [0, 0.1) is 0 Å². The Morgan fingerprint density at radius 1 is 1.50 bits per heavy atom. The number of hydrogen-bond donors (Lipinski definition) is 1. The first-order chi connectivity index (χ1) is 10.8. The monoisotopic (exact) mass is 315 g/mol. The van der Waals surface area contributed by atoms with Crippen molar-refractivity contribution >= 4 is 22.7 Å². The zero-order valence-corrected chi connectivity index (χ0v) is 13.1. The fourth-order valence-corrected chi connectivity index (χ4v) is 3.33. The van der Waals surface area contributed by atoms with Crippen LogP contribution in [0.25, 0.3) is 5.65 Å². The van der Waals surface area contributed by atoms with Gasteiger partial charge in [-0.25, -0.2) is 0 Å². The topological polar surface area (TPSA) is 64.3 Å². The number of aromatic nitrogens is 4. The lowest BCUT2D eigenvalue weighted by atomic mass is 10.2. The molecule has 0 aromatic carbocycles. The standard InChI is InChI=1S/C15H17N5OS/c1-21-13(14-3-2-6-22-14)8-16-12-7-11(10-4-5-10)19-20-9-17-18-15(12)20/h2-3,6-7,9-10,13,16H,4-5,8H2,1H3. The zero-order chi connectivity index (χ0) is 14.9. The predicted octanol–water partition coefficient (Wildman–Crippen LogP) is 2.86. The Morgan fingerprint density at radius 2 is 2.41 bits per heavy atom. The molecule has 1 atom stereocenters. The van der Waals surface area contributed by atoms with Gasteiger partial charge in [-0.05, 0) is 30.4 Å². The second kappa shape index (κ2) is 5.66. The first-order valence-electron chi connectivity index (χ1n) is 7.36. The van der Waals surface area contributed by atoms with Crippen molar-refractivity contribution in [2.45, 2.75) is 24.9 Å². The van der Waals surface area contributed by atoms with Crippen LogP contribution in [0.1, 0.15) is 35.4 Å². The number of ether oxygens (including phenoxy) is 1. The molecule has 6 nitrogen and oxygen atoms in total. The lowest BCUT2D eigenvalue weighted by Gasteiger charge is -2.16. The molecule has 0 saturated heterocycles. The molecule has 1 saturated carbocycles. The summed E-state index contributed by atoms with van der Waals surface area (Å²) in [6, 6.07) is 6.23. The third kappa shape index (κ3) is 2.57. The van der Waals surface area contributed by atoms with E-state index in [-0.39, 0.29) is 6.10 Å². The maximum atomic E-state index is 5.59. The zero-order valence-electron chi connectivity index (χ0n) is 12.3. The molecule has 3 aromatic rings. The van der Waals surface area contributed by atoms with Crippen LogP contribution in [0.3, 0.4) is 0 Å². The summed E-state index contributed by atoms with van der Waals surface area (Å²) in [5, 5.41) is 18.2. The summed E-state index contributed by atoms with van der Waals surface area (Å²) in [6.07, 6.45) is 4.12. The summed E-state index contributed by atoms with van der Waals surface area (Å²) in [5.74, 6) is 0.586. The maximum Gasteiger partial charge on any atom is 0.200 e. The molecule has 0 spiro atoms. The van der Waals surface area contributed by atoms with E-state index in [1.165, 1.54) is 17.7 Å². The summed E-state index contributed by atoms with van der Waals surface area (Å²) in [6.45, 7) is 0.688. The molecule has 0 bridgehead atoms. The molecular formula is C15H17N5OS. The average Bonchev–Trinajstić information content (AvgIpc) is 3.05. The van der Waals surface area contributed by atoms with Gasteiger partial charge in [0, 0.05) is 24.4 Å². The van der Waals surface area contributed by atoms with Gasteiger partial charge in [0.25, 0.3) is 0 Å². The van der Waals surface area contributed by atoms with Crippen molar-refractivity contribution in [2.24, 2.45) is 0 Å². The molecule has 114 valence electrons. The number of fused-ring (bicyclic) bond motifs is 1. The highest BCUT2D eigenvalue weighted by molar-refractivity contribution is 7.10. The molecule has 1 aliphatic rings. The number of hydrogen-bond acceptors (Lipinski definition) is 6. The van der Waals surface area contributed by atoms with Gasteiger partial charge >= 0.3 is 0 Å². The number of methoxy groups -OCH3 is 1. The molecule has 1 fully saturated rings. The van der Waals surface area contributed by atoms with Crippen LogP contribution in [-0.2, 0) is 4.74 Å². The second-order valence-corrected chi connectivity index (χ2v) is 6.46. The van der Waals surface area contributed by atoms with Gasteiger partial charge in [-0.1, -0.05) is 6.07 Å². The first kappa shape index (κ1) is 13.7. The van der Waals surface area contributed by atoms with E-state index >= 15 is 0 Å². The van der Waals surface area contributed by atoms with Gasteiger partial charge in [-0.3, -0.25) is 0 Å². The Labute approximate surface area is 132 Å². The molecule has 4 rings (SSSR count). The maximum absolute atomic E-state index is 5.59. The molecule has 3 heterocycles. The second-order valence-electron chi connectivity index (χ2n) is 5.48. The number of thiophene rings is 1. The van der Waals surface area contributed by atoms with E-state index in [1.807, 2.05) is 6.07 Å². The molecule has 1 unspecified atom stereocenters. The van der Waals surface area contributed by atoms with Crippen LogP contribution in [0.5, 0.6) is 0 Å². The van der Waals surface area contributed by atoms with E-state index < -0.39 is 0 Å². The molecule has 0 amide bonds. The minimum absolute atomic E-state index is 0.0283. The Morgan fingerprint density at radius 3 is 3.14 bits per heavy atom. The Balaban J connectivity index is 1.59. The van der Waals surface area contributed by atoms with Crippen molar-refractivity contribution in [2.75, 3.05) is 19.0 Å². The predicted molar refractivity (Wildman–Crippen MR) is 85.3 cm³/mol. The fraction of sp³-hybridized carbons (Fsp3) is 0.400. The lowest BCUT2D eigenvalue weighted by molar-refractivity contribution is 0.117. The Kier molecular flexibility index (Phi) is 3.51. The van der Waals surface area contributed by atoms with E-state index in [4.69, 9.17) is 4.74 Å². The summed E-state index contributed by atoms with van der Waals surface area (Å²) >= 11 is 1.70. The summed E-state index contributed by atoms with van der Waals surface area (Å²) in [5.41, 5.74) is 2.83. The van der Waals surface area contributed by atoms with E-state index in [2.05, 4.69) is 38.1 Å². The third-order valence-corrected chi connectivity index (χ3v) is 4.87. The fourth-order valence-electron chi connectivity index (χ4n) is 2.53. The number of nitrogens with zero attached hydrogens (tertiary/aromatic N) is 4. The smallest absolute Gasteiger partial charge is 0.200 e. The van der Waals surface area contributed by atoms with Gasteiger partial charge in [-0.2, -0.15) is 9.61 Å². The van der Waals surface area contributed by atoms with E-state index in [9.17, 15) is 0 Å². The quantitative estimate of drug-likeness (QED) is 0.758. The lowest BCUT2D eigenvalue weighted by Crippen LogP contribution is -2.14. The molecule has 7 heteroatoms. The molecular weight excluding hydrogens is 298 g/mol. The van der Waals surface area contributed by atoms with Crippen molar-refractivity contribution in [1.29, 1.82) is 0 Å².